The lowest BCUT2D eigenvalue weighted by Crippen LogP contribution is -2.42. The third kappa shape index (κ3) is 5.17. The maximum atomic E-state index is 11.8. The van der Waals surface area contributed by atoms with Crippen LogP contribution in [0.25, 0.3) is 0 Å². The van der Waals surface area contributed by atoms with Gasteiger partial charge in [0.25, 0.3) is 0 Å². The number of carbonyl (C=O) groups excluding carboxylic acids is 2. The topological polar surface area (TPSA) is 72.6 Å². The molecule has 5 nitrogen and oxygen atoms in total. The predicted octanol–water partition coefficient (Wildman–Crippen LogP) is 0.669. The molecule has 0 aromatic heterocycles. The summed E-state index contributed by atoms with van der Waals surface area (Å²) in [5.41, 5.74) is 5.78. The van der Waals surface area contributed by atoms with Crippen molar-refractivity contribution in [1.29, 1.82) is 0 Å². The van der Waals surface area contributed by atoms with Crippen molar-refractivity contribution in [2.75, 3.05) is 20.2 Å². The molecule has 0 atom stereocenters. The molecule has 1 rings (SSSR count). The molecule has 0 bridgehead atoms. The number of rotatable bonds is 5. The third-order valence-electron chi connectivity index (χ3n) is 3.14. The average molecular weight is 242 g/mol. The molecular formula is C12H22N2O3. The summed E-state index contributed by atoms with van der Waals surface area (Å²) in [5, 5.41) is 0. The Labute approximate surface area is 102 Å². The van der Waals surface area contributed by atoms with E-state index in [1.54, 1.807) is 0 Å². The van der Waals surface area contributed by atoms with E-state index in [1.807, 2.05) is 4.90 Å². The number of unbranched alkanes of at least 4 members (excludes halogenated alkanes) is 1. The molecule has 17 heavy (non-hydrogen) atoms. The van der Waals surface area contributed by atoms with Crippen molar-refractivity contribution in [1.82, 2.24) is 4.90 Å². The van der Waals surface area contributed by atoms with Gasteiger partial charge < -0.3 is 15.4 Å². The first-order valence-electron chi connectivity index (χ1n) is 6.23. The number of amides is 1. The zero-order valence-corrected chi connectivity index (χ0v) is 10.5. The maximum Gasteiger partial charge on any atom is 0.305 e. The quantitative estimate of drug-likeness (QED) is 0.568. The lowest BCUT2D eigenvalue weighted by Gasteiger charge is -2.30. The first-order valence-corrected chi connectivity index (χ1v) is 6.23. The van der Waals surface area contributed by atoms with Crippen molar-refractivity contribution < 1.29 is 14.3 Å². The molecule has 0 saturated carbocycles. The lowest BCUT2D eigenvalue weighted by atomic mass is 10.1. The van der Waals surface area contributed by atoms with Crippen LogP contribution in [-0.2, 0) is 14.3 Å². The Kier molecular flexibility index (Phi) is 5.97. The smallest absolute Gasteiger partial charge is 0.305 e. The van der Waals surface area contributed by atoms with Gasteiger partial charge in [-0.25, -0.2) is 0 Å². The molecule has 1 fully saturated rings. The largest absolute Gasteiger partial charge is 0.469 e. The van der Waals surface area contributed by atoms with Crippen LogP contribution >= 0.6 is 0 Å². The van der Waals surface area contributed by atoms with Crippen molar-refractivity contribution in [3.05, 3.63) is 0 Å². The number of carbonyl (C=O) groups is 2. The summed E-state index contributed by atoms with van der Waals surface area (Å²) in [6.45, 7) is 1.55. The summed E-state index contributed by atoms with van der Waals surface area (Å²) in [6, 6.07) is 0.248. The van der Waals surface area contributed by atoms with Gasteiger partial charge in [-0.05, 0) is 25.7 Å². The van der Waals surface area contributed by atoms with Gasteiger partial charge in [0.05, 0.1) is 7.11 Å². The second-order valence-electron chi connectivity index (χ2n) is 4.50. The highest BCUT2D eigenvalue weighted by atomic mass is 16.5. The van der Waals surface area contributed by atoms with Crippen LogP contribution in [0, 0.1) is 0 Å². The Morgan fingerprint density at radius 2 is 1.82 bits per heavy atom. The van der Waals surface area contributed by atoms with Gasteiger partial charge in [-0.15, -0.1) is 0 Å². The number of esters is 1. The zero-order chi connectivity index (χ0) is 12.7. The molecule has 5 heteroatoms. The van der Waals surface area contributed by atoms with Crippen molar-refractivity contribution in [2.24, 2.45) is 5.73 Å². The van der Waals surface area contributed by atoms with Gasteiger partial charge in [-0.2, -0.15) is 0 Å². The molecule has 1 aliphatic heterocycles. The molecular weight excluding hydrogens is 220 g/mol. The fourth-order valence-corrected chi connectivity index (χ4v) is 1.95. The Morgan fingerprint density at radius 1 is 1.24 bits per heavy atom. The summed E-state index contributed by atoms with van der Waals surface area (Å²) in [4.78, 5) is 24.5. The van der Waals surface area contributed by atoms with E-state index < -0.39 is 0 Å². The molecule has 1 amide bonds. The first-order chi connectivity index (χ1) is 8.13. The van der Waals surface area contributed by atoms with E-state index in [2.05, 4.69) is 4.74 Å². The van der Waals surface area contributed by atoms with Crippen LogP contribution < -0.4 is 5.73 Å². The highest BCUT2D eigenvalue weighted by Crippen LogP contribution is 2.11. The fourth-order valence-electron chi connectivity index (χ4n) is 1.95. The first kappa shape index (κ1) is 14.0. The number of nitrogens with two attached hydrogens (primary N) is 1. The van der Waals surface area contributed by atoms with Gasteiger partial charge in [-0.1, -0.05) is 0 Å². The molecule has 0 unspecified atom stereocenters. The number of hydrogen-bond acceptors (Lipinski definition) is 4. The summed E-state index contributed by atoms with van der Waals surface area (Å²) in [7, 11) is 1.38. The highest BCUT2D eigenvalue weighted by molar-refractivity contribution is 5.76. The van der Waals surface area contributed by atoms with Crippen LogP contribution in [0.15, 0.2) is 0 Å². The number of likely N-dealkylation sites (tertiary alicyclic amines) is 1. The normalized spacial score (nSPS) is 16.9. The van der Waals surface area contributed by atoms with E-state index in [0.29, 0.717) is 19.3 Å². The van der Waals surface area contributed by atoms with E-state index in [-0.39, 0.29) is 17.9 Å². The molecule has 0 aliphatic carbocycles. The van der Waals surface area contributed by atoms with Crippen molar-refractivity contribution in [2.45, 2.75) is 44.6 Å². The molecule has 0 aromatic carbocycles. The minimum atomic E-state index is -0.207. The van der Waals surface area contributed by atoms with Gasteiger partial charge in [-0.3, -0.25) is 9.59 Å². The van der Waals surface area contributed by atoms with Crippen molar-refractivity contribution >= 4 is 11.9 Å². The molecule has 1 aliphatic rings. The predicted molar refractivity (Wildman–Crippen MR) is 64.3 cm³/mol. The Bertz CT molecular complexity index is 260. The molecule has 98 valence electrons. The number of methoxy groups -OCH3 is 1. The van der Waals surface area contributed by atoms with Crippen LogP contribution in [0.4, 0.5) is 0 Å². The standard InChI is InChI=1S/C12H22N2O3/c1-17-12(16)5-3-2-4-11(15)14-8-6-10(13)7-9-14/h10H,2-9,13H2,1H3. The van der Waals surface area contributed by atoms with Crippen LogP contribution in [0.5, 0.6) is 0 Å². The number of hydrogen-bond donors (Lipinski definition) is 1. The number of ether oxygens (including phenoxy) is 1. The van der Waals surface area contributed by atoms with Gasteiger partial charge in [0, 0.05) is 32.0 Å². The number of piperidine rings is 1. The molecule has 0 radical (unpaired) electrons. The highest BCUT2D eigenvalue weighted by Gasteiger charge is 2.19. The average Bonchev–Trinajstić information content (AvgIpc) is 2.34. The van der Waals surface area contributed by atoms with Crippen LogP contribution in [0.2, 0.25) is 0 Å². The van der Waals surface area contributed by atoms with Gasteiger partial charge in [0.1, 0.15) is 0 Å². The van der Waals surface area contributed by atoms with Crippen molar-refractivity contribution in [3.8, 4) is 0 Å². The summed E-state index contributed by atoms with van der Waals surface area (Å²) >= 11 is 0. The Hall–Kier alpha value is -1.10. The van der Waals surface area contributed by atoms with E-state index in [4.69, 9.17) is 5.73 Å². The molecule has 0 spiro atoms. The SMILES string of the molecule is COC(=O)CCCCC(=O)N1CCC(N)CC1. The van der Waals surface area contributed by atoms with Gasteiger partial charge in [0.15, 0.2) is 0 Å². The Balaban J connectivity index is 2.10. The summed E-state index contributed by atoms with van der Waals surface area (Å²) < 4.78 is 4.54. The summed E-state index contributed by atoms with van der Waals surface area (Å²) in [5.74, 6) is -0.0249. The Morgan fingerprint density at radius 3 is 2.41 bits per heavy atom. The second kappa shape index (κ2) is 7.27. The minimum absolute atomic E-state index is 0.182. The molecule has 1 heterocycles. The maximum absolute atomic E-state index is 11.8. The van der Waals surface area contributed by atoms with E-state index in [9.17, 15) is 9.59 Å². The number of nitrogens with zero attached hydrogens (tertiary/aromatic N) is 1. The molecule has 0 aromatic rings. The van der Waals surface area contributed by atoms with Crippen LogP contribution in [-0.4, -0.2) is 43.0 Å². The van der Waals surface area contributed by atoms with Crippen LogP contribution in [0.3, 0.4) is 0 Å². The van der Waals surface area contributed by atoms with Crippen LogP contribution in [0.1, 0.15) is 38.5 Å². The van der Waals surface area contributed by atoms with E-state index in [1.165, 1.54) is 7.11 Å². The van der Waals surface area contributed by atoms with Gasteiger partial charge in [0.2, 0.25) is 5.91 Å². The fraction of sp³-hybridized carbons (Fsp3) is 0.833. The monoisotopic (exact) mass is 242 g/mol. The third-order valence-corrected chi connectivity index (χ3v) is 3.14. The molecule has 1 saturated heterocycles. The van der Waals surface area contributed by atoms with E-state index in [0.717, 1.165) is 32.4 Å². The van der Waals surface area contributed by atoms with Gasteiger partial charge >= 0.3 is 5.97 Å². The second-order valence-corrected chi connectivity index (χ2v) is 4.50. The summed E-state index contributed by atoms with van der Waals surface area (Å²) in [6.07, 6.45) is 4.17. The van der Waals surface area contributed by atoms with Crippen molar-refractivity contribution in [3.63, 3.8) is 0 Å². The van der Waals surface area contributed by atoms with E-state index >= 15 is 0 Å². The minimum Gasteiger partial charge on any atom is -0.469 e. The lowest BCUT2D eigenvalue weighted by molar-refractivity contribution is -0.141. The zero-order valence-electron chi connectivity index (χ0n) is 10.5. The molecule has 2 N–H and O–H groups in total.